The highest BCUT2D eigenvalue weighted by Crippen LogP contribution is 2.33. The molecule has 0 saturated carbocycles. The van der Waals surface area contributed by atoms with Gasteiger partial charge in [0.05, 0.1) is 39.0 Å². The van der Waals surface area contributed by atoms with Crippen LogP contribution in [0.5, 0.6) is 0 Å². The summed E-state index contributed by atoms with van der Waals surface area (Å²) in [6.07, 6.45) is 2.81. The zero-order valence-corrected chi connectivity index (χ0v) is 35.7. The molecule has 6 rings (SSSR count). The lowest BCUT2D eigenvalue weighted by molar-refractivity contribution is -0.144. The molecule has 0 aliphatic carbocycles. The number of hydrogen-bond donors (Lipinski definition) is 5. The molecule has 0 spiro atoms. The van der Waals surface area contributed by atoms with E-state index in [1.54, 1.807) is 22.9 Å². The summed E-state index contributed by atoms with van der Waals surface area (Å²) < 4.78 is 0. The lowest BCUT2D eigenvalue weighted by atomic mass is 9.85. The molecule has 2 saturated heterocycles. The predicted octanol–water partition coefficient (Wildman–Crippen LogP) is 4.00. The maximum absolute atomic E-state index is 14.0. The number of fused-ring (bicyclic) bond motifs is 1. The van der Waals surface area contributed by atoms with Crippen LogP contribution in [0.3, 0.4) is 0 Å². The number of piperidine rings is 1. The fourth-order valence-electron chi connectivity index (χ4n) is 7.95. The van der Waals surface area contributed by atoms with Crippen LogP contribution in [-0.4, -0.2) is 97.9 Å². The van der Waals surface area contributed by atoms with Crippen molar-refractivity contribution < 1.29 is 43.5 Å². The van der Waals surface area contributed by atoms with E-state index in [0.29, 0.717) is 25.7 Å². The van der Waals surface area contributed by atoms with Crippen molar-refractivity contribution in [3.63, 3.8) is 0 Å². The summed E-state index contributed by atoms with van der Waals surface area (Å²) in [5.74, 6) is -3.99. The first-order valence-corrected chi connectivity index (χ1v) is 21.6. The van der Waals surface area contributed by atoms with Crippen molar-refractivity contribution >= 4 is 64.3 Å². The van der Waals surface area contributed by atoms with Crippen molar-refractivity contribution in [1.29, 1.82) is 0 Å². The number of nitrogens with zero attached hydrogens (tertiary/aromatic N) is 3. The summed E-state index contributed by atoms with van der Waals surface area (Å²) in [7, 11) is 0. The first-order chi connectivity index (χ1) is 29.0. The third-order valence-corrected chi connectivity index (χ3v) is 12.2. The van der Waals surface area contributed by atoms with Crippen molar-refractivity contribution in [2.75, 3.05) is 11.9 Å². The first kappa shape index (κ1) is 44.7. The van der Waals surface area contributed by atoms with E-state index in [2.05, 4.69) is 26.3 Å². The quantitative estimate of drug-likeness (QED) is 0.103. The van der Waals surface area contributed by atoms with Gasteiger partial charge in [-0.2, -0.15) is 0 Å². The molecule has 1 aromatic heterocycles. The molecule has 2 fully saturated rings. The number of imide groups is 2. The molecule has 17 heteroatoms. The number of carbonyl (C=O) groups excluding carboxylic acids is 8. The second-order valence-electron chi connectivity index (χ2n) is 16.9. The van der Waals surface area contributed by atoms with Crippen LogP contribution in [0.1, 0.15) is 117 Å². The molecule has 5 N–H and O–H groups in total. The number of likely N-dealkylation sites (tertiary alicyclic amines) is 1. The van der Waals surface area contributed by atoms with Crippen LogP contribution in [0.15, 0.2) is 48.0 Å². The second kappa shape index (κ2) is 19.3. The molecule has 0 bridgehead atoms. The Labute approximate surface area is 358 Å². The minimum Gasteiger partial charge on any atom is -0.391 e. The number of thiazole rings is 1. The van der Waals surface area contributed by atoms with E-state index in [0.717, 1.165) is 33.0 Å². The van der Waals surface area contributed by atoms with Crippen molar-refractivity contribution in [3.05, 3.63) is 70.4 Å². The molecular formula is C44H53N7O9S. The smallest absolute Gasteiger partial charge is 0.264 e. The minimum absolute atomic E-state index is 0.000935. The third-order valence-electron chi connectivity index (χ3n) is 11.3. The second-order valence-corrected chi connectivity index (χ2v) is 17.8. The van der Waals surface area contributed by atoms with E-state index in [-0.39, 0.29) is 79.7 Å². The summed E-state index contributed by atoms with van der Waals surface area (Å²) in [5, 5.41) is 21.2. The number of carbonyl (C=O) groups is 8. The third kappa shape index (κ3) is 10.6. The summed E-state index contributed by atoms with van der Waals surface area (Å²) in [4.78, 5) is 111. The highest BCUT2D eigenvalue weighted by atomic mass is 32.1. The summed E-state index contributed by atoms with van der Waals surface area (Å²) >= 11 is 1.56. The number of nitrogens with one attached hydrogen (secondary N) is 4. The van der Waals surface area contributed by atoms with Gasteiger partial charge in [0.2, 0.25) is 35.4 Å². The van der Waals surface area contributed by atoms with Crippen LogP contribution in [0, 0.1) is 12.3 Å². The van der Waals surface area contributed by atoms with Crippen LogP contribution in [0.2, 0.25) is 0 Å². The first-order valence-electron chi connectivity index (χ1n) is 20.7. The number of unbranched alkanes of at least 4 members (excludes halogenated alkanes) is 4. The number of benzene rings is 2. The number of aryl methyl sites for hydroxylation is 1. The molecule has 2 aromatic carbocycles. The number of anilines is 1. The molecule has 0 radical (unpaired) electrons. The number of amides is 8. The highest BCUT2D eigenvalue weighted by molar-refractivity contribution is 7.13. The van der Waals surface area contributed by atoms with E-state index >= 15 is 0 Å². The lowest BCUT2D eigenvalue weighted by Gasteiger charge is -2.35. The van der Waals surface area contributed by atoms with Gasteiger partial charge in [0.25, 0.3) is 11.8 Å². The van der Waals surface area contributed by atoms with Crippen LogP contribution >= 0.6 is 11.3 Å². The highest BCUT2D eigenvalue weighted by Gasteiger charge is 2.46. The molecule has 3 aromatic rings. The molecular weight excluding hydrogens is 803 g/mol. The number of β-amino-alcohol motifs (C(OH)–C–C–N with tert-alkyl or cyclic N) is 1. The Morgan fingerprint density at radius 1 is 0.934 bits per heavy atom. The molecule has 3 aliphatic heterocycles. The van der Waals surface area contributed by atoms with E-state index in [1.807, 2.05) is 52.0 Å². The Kier molecular flexibility index (Phi) is 14.1. The van der Waals surface area contributed by atoms with Gasteiger partial charge in [0, 0.05) is 38.8 Å². The summed E-state index contributed by atoms with van der Waals surface area (Å²) in [6, 6.07) is 9.43. The number of rotatable bonds is 16. The standard InChI is InChI=1S/C44H53N7O9S/c1-25-37(61-24-46-25)27-17-15-26(16-18-27)22-45-39(56)32-21-28(52)23-50(32)43(60)38(44(2,3)4)48-34(54)14-9-7-5-6-8-13-33(53)47-30-12-10-11-29-36(30)42(59)51(41(29)58)31-19-20-35(55)49-40(31)57/h10-12,15-18,24,28,31-32,38,52H,5-9,13-14,19-23H2,1-4H3,(H,45,56)(H,47,53)(H,48,54)(H,49,55,57)/t28-,31?,32-,38+/m1/s1. The predicted molar refractivity (Wildman–Crippen MR) is 226 cm³/mol. The van der Waals surface area contributed by atoms with Gasteiger partial charge in [-0.1, -0.05) is 70.4 Å². The zero-order valence-electron chi connectivity index (χ0n) is 34.9. The normalized spacial score (nSPS) is 19.4. The molecule has 61 heavy (non-hydrogen) atoms. The number of aromatic nitrogens is 1. The Hall–Kier alpha value is -5.81. The van der Waals surface area contributed by atoms with Crippen LogP contribution in [0.25, 0.3) is 10.4 Å². The monoisotopic (exact) mass is 855 g/mol. The zero-order chi connectivity index (χ0) is 44.0. The molecule has 4 atom stereocenters. The summed E-state index contributed by atoms with van der Waals surface area (Å²) in [5.41, 5.74) is 4.26. The minimum atomic E-state index is -1.11. The fourth-order valence-corrected chi connectivity index (χ4v) is 8.76. The Balaban J connectivity index is 0.919. The number of aliphatic hydroxyl groups excluding tert-OH is 1. The Morgan fingerprint density at radius 3 is 2.28 bits per heavy atom. The van der Waals surface area contributed by atoms with E-state index in [4.69, 9.17) is 0 Å². The van der Waals surface area contributed by atoms with Gasteiger partial charge in [-0.05, 0) is 54.9 Å². The average molecular weight is 856 g/mol. The Morgan fingerprint density at radius 2 is 1.62 bits per heavy atom. The van der Waals surface area contributed by atoms with Gasteiger partial charge in [-0.15, -0.1) is 11.3 Å². The van der Waals surface area contributed by atoms with Gasteiger partial charge in [-0.3, -0.25) is 48.6 Å². The molecule has 8 amide bonds. The van der Waals surface area contributed by atoms with Crippen molar-refractivity contribution in [2.24, 2.45) is 5.41 Å². The van der Waals surface area contributed by atoms with Crippen LogP contribution in [-0.2, 0) is 35.3 Å². The van der Waals surface area contributed by atoms with Gasteiger partial charge in [0.15, 0.2) is 0 Å². The number of hydrogen-bond acceptors (Lipinski definition) is 11. The van der Waals surface area contributed by atoms with E-state index in [1.165, 1.54) is 17.0 Å². The van der Waals surface area contributed by atoms with Crippen molar-refractivity contribution in [3.8, 4) is 10.4 Å². The summed E-state index contributed by atoms with van der Waals surface area (Å²) in [6.45, 7) is 7.69. The van der Waals surface area contributed by atoms with E-state index in [9.17, 15) is 43.5 Å². The van der Waals surface area contributed by atoms with Crippen molar-refractivity contribution in [2.45, 2.75) is 123 Å². The van der Waals surface area contributed by atoms with Gasteiger partial charge < -0.3 is 26.0 Å². The van der Waals surface area contributed by atoms with Gasteiger partial charge in [0.1, 0.15) is 18.1 Å². The largest absolute Gasteiger partial charge is 0.391 e. The number of aliphatic hydroxyl groups is 1. The maximum atomic E-state index is 14.0. The molecule has 4 heterocycles. The topological polar surface area (TPSA) is 224 Å². The Bertz CT molecular complexity index is 2200. The van der Waals surface area contributed by atoms with Gasteiger partial charge in [-0.25, -0.2) is 4.98 Å². The van der Waals surface area contributed by atoms with Crippen LogP contribution < -0.4 is 21.3 Å². The lowest BCUT2D eigenvalue weighted by Crippen LogP contribution is -2.57. The molecule has 16 nitrogen and oxygen atoms in total. The van der Waals surface area contributed by atoms with Crippen molar-refractivity contribution in [1.82, 2.24) is 30.7 Å². The maximum Gasteiger partial charge on any atom is 0.264 e. The van der Waals surface area contributed by atoms with Crippen LogP contribution in [0.4, 0.5) is 5.69 Å². The molecule has 324 valence electrons. The van der Waals surface area contributed by atoms with E-state index < -0.39 is 59.2 Å². The molecule has 1 unspecified atom stereocenters. The average Bonchev–Trinajstić information content (AvgIpc) is 3.90. The SMILES string of the molecule is Cc1ncsc1-c1ccc(CNC(=O)[C@H]2C[C@@H](O)CN2C(=O)[C@H](NC(=O)CCCCCCCC(=O)Nc2cccc3c2C(=O)N(C2CCC(=O)NC2=O)C3=O)C(C)(C)C)cc1. The van der Waals surface area contributed by atoms with Gasteiger partial charge >= 0.3 is 0 Å². The molecule has 3 aliphatic rings. The fraction of sp³-hybridized carbons (Fsp3) is 0.477.